The molecule has 0 spiro atoms. The smallest absolute Gasteiger partial charge is 0.328 e. The van der Waals surface area contributed by atoms with Crippen LogP contribution >= 0.6 is 0 Å². The maximum atomic E-state index is 11.6. The summed E-state index contributed by atoms with van der Waals surface area (Å²) >= 11 is 0. The first-order valence-corrected chi connectivity index (χ1v) is 4.74. The summed E-state index contributed by atoms with van der Waals surface area (Å²) in [6.07, 6.45) is 2.40. The Morgan fingerprint density at radius 1 is 1.35 bits per heavy atom. The van der Waals surface area contributed by atoms with Crippen molar-refractivity contribution >= 4 is 17.7 Å². The second-order valence-corrected chi connectivity index (χ2v) is 3.07. The number of amides is 3. The van der Waals surface area contributed by atoms with Gasteiger partial charge < -0.3 is 5.73 Å². The molecule has 0 aromatic carbocycles. The van der Waals surface area contributed by atoms with E-state index in [2.05, 4.69) is 15.6 Å². The van der Waals surface area contributed by atoms with E-state index in [4.69, 9.17) is 5.73 Å². The van der Waals surface area contributed by atoms with Crippen LogP contribution in [0.3, 0.4) is 0 Å². The van der Waals surface area contributed by atoms with Gasteiger partial charge in [0.2, 0.25) is 5.91 Å². The van der Waals surface area contributed by atoms with Crippen molar-refractivity contribution in [3.8, 4) is 0 Å². The van der Waals surface area contributed by atoms with E-state index in [-0.39, 0.29) is 13.1 Å². The molecule has 0 saturated carbocycles. The molecule has 0 atom stereocenters. The fraction of sp³-hybridized carbons (Fsp3) is 0.375. The molecule has 1 aromatic heterocycles. The Hall–Kier alpha value is -2.29. The molecule has 1 heterocycles. The van der Waals surface area contributed by atoms with Crippen LogP contribution in [0.25, 0.3) is 0 Å². The van der Waals surface area contributed by atoms with Gasteiger partial charge in [0.15, 0.2) is 0 Å². The zero-order valence-corrected chi connectivity index (χ0v) is 9.16. The van der Waals surface area contributed by atoms with Gasteiger partial charge in [0, 0.05) is 20.0 Å². The molecule has 92 valence electrons. The van der Waals surface area contributed by atoms with Gasteiger partial charge in [0.05, 0.1) is 0 Å². The van der Waals surface area contributed by atoms with E-state index < -0.39 is 17.7 Å². The number of rotatable bonds is 3. The van der Waals surface area contributed by atoms with Gasteiger partial charge in [-0.05, 0) is 0 Å². The molecule has 9 heteroatoms. The molecule has 1 rings (SSSR count). The van der Waals surface area contributed by atoms with Crippen LogP contribution in [0.4, 0.5) is 0 Å². The molecule has 0 unspecified atom stereocenters. The quantitative estimate of drug-likeness (QED) is 0.572. The highest BCUT2D eigenvalue weighted by Gasteiger charge is 2.24. The van der Waals surface area contributed by atoms with Gasteiger partial charge in [-0.1, -0.05) is 0 Å². The molecule has 1 aromatic rings. The van der Waals surface area contributed by atoms with E-state index in [1.165, 1.54) is 19.6 Å². The lowest BCUT2D eigenvalue weighted by Crippen LogP contribution is -2.46. The van der Waals surface area contributed by atoms with E-state index in [0.29, 0.717) is 0 Å². The molecule has 0 radical (unpaired) electrons. The Bertz CT molecular complexity index is 415. The van der Waals surface area contributed by atoms with E-state index in [0.717, 1.165) is 9.58 Å². The van der Waals surface area contributed by atoms with Crippen LogP contribution in [0.2, 0.25) is 0 Å². The van der Waals surface area contributed by atoms with Crippen LogP contribution < -0.4 is 11.2 Å². The Labute approximate surface area is 96.6 Å². The number of nitrogens with zero attached hydrogens (tertiary/aromatic N) is 4. The number of aromatic nitrogens is 3. The molecule has 17 heavy (non-hydrogen) atoms. The first kappa shape index (κ1) is 12.8. The van der Waals surface area contributed by atoms with Crippen molar-refractivity contribution in [2.24, 2.45) is 5.73 Å². The lowest BCUT2D eigenvalue weighted by Gasteiger charge is -2.17. The fourth-order valence-corrected chi connectivity index (χ4v) is 1.08. The minimum Gasteiger partial charge on any atom is -0.329 e. The Morgan fingerprint density at radius 3 is 2.41 bits per heavy atom. The second-order valence-electron chi connectivity index (χ2n) is 3.07. The molecule has 0 aliphatic rings. The van der Waals surface area contributed by atoms with Crippen molar-refractivity contribution in [3.05, 3.63) is 12.7 Å². The third-order valence-corrected chi connectivity index (χ3v) is 1.82. The Morgan fingerprint density at radius 2 is 1.94 bits per heavy atom. The highest BCUT2D eigenvalue weighted by atomic mass is 16.2. The van der Waals surface area contributed by atoms with E-state index in [9.17, 15) is 14.4 Å². The van der Waals surface area contributed by atoms with E-state index in [1.807, 2.05) is 0 Å². The molecule has 0 aliphatic carbocycles. The third-order valence-electron chi connectivity index (χ3n) is 1.82. The van der Waals surface area contributed by atoms with Gasteiger partial charge in [-0.2, -0.15) is 0 Å². The van der Waals surface area contributed by atoms with E-state index >= 15 is 0 Å². The fourth-order valence-electron chi connectivity index (χ4n) is 1.08. The van der Waals surface area contributed by atoms with Crippen LogP contribution in [0.1, 0.15) is 6.92 Å². The first-order chi connectivity index (χ1) is 8.06. The summed E-state index contributed by atoms with van der Waals surface area (Å²) in [5.74, 6) is -2.48. The van der Waals surface area contributed by atoms with Gasteiger partial charge in [-0.25, -0.2) is 4.68 Å². The Balaban J connectivity index is 2.67. The minimum atomic E-state index is -0.975. The number of nitrogens with two attached hydrogens (primary N) is 1. The van der Waals surface area contributed by atoms with Crippen molar-refractivity contribution < 1.29 is 14.4 Å². The van der Waals surface area contributed by atoms with Crippen molar-refractivity contribution in [1.29, 1.82) is 0 Å². The molecule has 0 fully saturated rings. The highest BCUT2D eigenvalue weighted by Crippen LogP contribution is 1.92. The molecule has 0 aliphatic heterocycles. The first-order valence-electron chi connectivity index (χ1n) is 4.74. The number of carbonyl (C=O) groups excluding carboxylic acids is 3. The van der Waals surface area contributed by atoms with Gasteiger partial charge in [0.1, 0.15) is 12.7 Å². The monoisotopic (exact) mass is 240 g/mol. The third kappa shape index (κ3) is 3.34. The lowest BCUT2D eigenvalue weighted by molar-refractivity contribution is -0.150. The molecular weight excluding hydrogens is 228 g/mol. The van der Waals surface area contributed by atoms with Crippen LogP contribution in [-0.4, -0.2) is 50.6 Å². The van der Waals surface area contributed by atoms with Gasteiger partial charge >= 0.3 is 11.8 Å². The standard InChI is InChI=1S/C8H12N6O3/c1-6(15)14(3-2-9)8(17)7(16)12-13-4-10-11-5-13/h4-5H,2-3,9H2,1H3,(H,12,16). The number of carbonyl (C=O) groups is 3. The van der Waals surface area contributed by atoms with Crippen LogP contribution in [-0.2, 0) is 14.4 Å². The largest absolute Gasteiger partial charge is 0.329 e. The minimum absolute atomic E-state index is 0.0102. The zero-order valence-electron chi connectivity index (χ0n) is 9.16. The summed E-state index contributed by atoms with van der Waals surface area (Å²) in [6, 6.07) is 0. The van der Waals surface area contributed by atoms with Crippen LogP contribution in [0.5, 0.6) is 0 Å². The topological polar surface area (TPSA) is 123 Å². The Kier molecular flexibility index (Phi) is 4.29. The summed E-state index contributed by atoms with van der Waals surface area (Å²) in [6.45, 7) is 1.26. The second kappa shape index (κ2) is 5.70. The average molecular weight is 240 g/mol. The van der Waals surface area contributed by atoms with E-state index in [1.54, 1.807) is 0 Å². The molecule has 3 N–H and O–H groups in total. The maximum absolute atomic E-state index is 11.6. The van der Waals surface area contributed by atoms with Crippen molar-refractivity contribution in [1.82, 2.24) is 19.8 Å². The predicted molar refractivity (Wildman–Crippen MR) is 55.8 cm³/mol. The van der Waals surface area contributed by atoms with Gasteiger partial charge in [-0.3, -0.25) is 24.7 Å². The van der Waals surface area contributed by atoms with Crippen molar-refractivity contribution in [3.63, 3.8) is 0 Å². The van der Waals surface area contributed by atoms with Gasteiger partial charge in [-0.15, -0.1) is 10.2 Å². The van der Waals surface area contributed by atoms with Gasteiger partial charge in [0.25, 0.3) is 0 Å². The summed E-state index contributed by atoms with van der Waals surface area (Å²) in [5, 5.41) is 6.87. The zero-order chi connectivity index (χ0) is 12.8. The number of hydrogen-bond donors (Lipinski definition) is 2. The number of nitrogens with one attached hydrogen (secondary N) is 1. The number of imide groups is 1. The highest BCUT2D eigenvalue weighted by molar-refractivity contribution is 6.40. The molecule has 3 amide bonds. The molecule has 0 saturated heterocycles. The molecule has 9 nitrogen and oxygen atoms in total. The van der Waals surface area contributed by atoms with Crippen LogP contribution in [0, 0.1) is 0 Å². The van der Waals surface area contributed by atoms with Crippen LogP contribution in [0.15, 0.2) is 12.7 Å². The lowest BCUT2D eigenvalue weighted by atomic mass is 10.4. The predicted octanol–water partition coefficient (Wildman–Crippen LogP) is -2.32. The summed E-state index contributed by atoms with van der Waals surface area (Å²) in [7, 11) is 0. The van der Waals surface area contributed by atoms with Crippen molar-refractivity contribution in [2.75, 3.05) is 18.5 Å². The summed E-state index contributed by atoms with van der Waals surface area (Å²) < 4.78 is 1.10. The summed E-state index contributed by atoms with van der Waals surface area (Å²) in [5.41, 5.74) is 7.42. The number of hydrogen-bond acceptors (Lipinski definition) is 6. The SMILES string of the molecule is CC(=O)N(CCN)C(=O)C(=O)Nn1cnnc1. The molecule has 0 bridgehead atoms. The van der Waals surface area contributed by atoms with Crippen molar-refractivity contribution in [2.45, 2.75) is 6.92 Å². The summed E-state index contributed by atoms with van der Waals surface area (Å²) in [4.78, 5) is 34.9. The average Bonchev–Trinajstić information content (AvgIpc) is 2.77. The normalized spacial score (nSPS) is 9.76. The molecular formula is C8H12N6O3. The maximum Gasteiger partial charge on any atom is 0.328 e.